The Kier molecular flexibility index (Phi) is 3.56. The topological polar surface area (TPSA) is 84.2 Å². The van der Waals surface area contributed by atoms with Gasteiger partial charge in [0, 0.05) is 18.7 Å². The minimum Gasteiger partial charge on any atom is -0.398 e. The predicted molar refractivity (Wildman–Crippen MR) is 64.7 cm³/mol. The molecule has 1 aliphatic rings. The lowest BCUT2D eigenvalue weighted by atomic mass is 10.1. The summed E-state index contributed by atoms with van der Waals surface area (Å²) in [5.74, 6) is -0.942. The molecule has 8 heteroatoms. The molecule has 1 fully saturated rings. The highest BCUT2D eigenvalue weighted by Gasteiger charge is 2.32. The van der Waals surface area contributed by atoms with E-state index >= 15 is 0 Å². The van der Waals surface area contributed by atoms with Crippen LogP contribution < -0.4 is 16.4 Å². The quantitative estimate of drug-likeness (QED) is 0.707. The standard InChI is InChI=1S/C12H12F3N3O2/c13-12(14,15)6-1-2-9(16)8(3-6)11(20)18-7-4-10(19)17-5-7/h1-3,7H,4-5,16H2,(H,17,19)(H,18,20). The molecule has 0 aromatic heterocycles. The lowest BCUT2D eigenvalue weighted by molar-refractivity contribution is -0.137. The van der Waals surface area contributed by atoms with Crippen molar-refractivity contribution in [3.8, 4) is 0 Å². The smallest absolute Gasteiger partial charge is 0.398 e. The molecule has 0 bridgehead atoms. The van der Waals surface area contributed by atoms with Gasteiger partial charge in [-0.15, -0.1) is 0 Å². The number of hydrogen-bond acceptors (Lipinski definition) is 3. The number of alkyl halides is 3. The summed E-state index contributed by atoms with van der Waals surface area (Å²) in [5.41, 5.74) is 4.28. The Morgan fingerprint density at radius 3 is 2.65 bits per heavy atom. The highest BCUT2D eigenvalue weighted by atomic mass is 19.4. The first-order valence-electron chi connectivity index (χ1n) is 5.81. The zero-order valence-electron chi connectivity index (χ0n) is 10.3. The summed E-state index contributed by atoms with van der Waals surface area (Å²) in [6.07, 6.45) is -4.45. The summed E-state index contributed by atoms with van der Waals surface area (Å²) in [5, 5.41) is 4.99. The van der Waals surface area contributed by atoms with Crippen LogP contribution in [0.4, 0.5) is 18.9 Å². The first-order valence-corrected chi connectivity index (χ1v) is 5.81. The average molecular weight is 287 g/mol. The first kappa shape index (κ1) is 14.2. The van der Waals surface area contributed by atoms with Crippen LogP contribution in [0.5, 0.6) is 0 Å². The van der Waals surface area contributed by atoms with Gasteiger partial charge in [0.1, 0.15) is 0 Å². The number of hydrogen-bond donors (Lipinski definition) is 3. The number of anilines is 1. The van der Waals surface area contributed by atoms with Gasteiger partial charge in [0.2, 0.25) is 5.91 Å². The third-order valence-electron chi connectivity index (χ3n) is 2.94. The van der Waals surface area contributed by atoms with Crippen molar-refractivity contribution in [2.75, 3.05) is 12.3 Å². The van der Waals surface area contributed by atoms with Crippen molar-refractivity contribution in [2.24, 2.45) is 0 Å². The predicted octanol–water partition coefficient (Wildman–Crippen LogP) is 0.906. The number of halogens is 3. The van der Waals surface area contributed by atoms with E-state index in [2.05, 4.69) is 10.6 Å². The van der Waals surface area contributed by atoms with Gasteiger partial charge in [-0.05, 0) is 18.2 Å². The van der Waals surface area contributed by atoms with Crippen molar-refractivity contribution in [1.29, 1.82) is 0 Å². The number of nitrogens with one attached hydrogen (secondary N) is 2. The molecule has 0 radical (unpaired) electrons. The van der Waals surface area contributed by atoms with Gasteiger partial charge in [0.05, 0.1) is 17.2 Å². The summed E-state index contributed by atoms with van der Waals surface area (Å²) in [4.78, 5) is 22.9. The molecule has 20 heavy (non-hydrogen) atoms. The molecule has 1 saturated heterocycles. The van der Waals surface area contributed by atoms with Crippen LogP contribution in [-0.2, 0) is 11.0 Å². The molecule has 1 aliphatic heterocycles. The molecule has 1 aromatic rings. The van der Waals surface area contributed by atoms with Gasteiger partial charge in [-0.2, -0.15) is 13.2 Å². The second kappa shape index (κ2) is 5.03. The van der Waals surface area contributed by atoms with Gasteiger partial charge in [0.15, 0.2) is 0 Å². The molecule has 2 amide bonds. The molecule has 4 N–H and O–H groups in total. The number of nitrogens with two attached hydrogens (primary N) is 1. The van der Waals surface area contributed by atoms with Gasteiger partial charge < -0.3 is 16.4 Å². The molecule has 1 unspecified atom stereocenters. The second-order valence-electron chi connectivity index (χ2n) is 4.48. The van der Waals surface area contributed by atoms with Crippen LogP contribution >= 0.6 is 0 Å². The number of benzene rings is 1. The van der Waals surface area contributed by atoms with Crippen LogP contribution in [0.3, 0.4) is 0 Å². The van der Waals surface area contributed by atoms with Gasteiger partial charge in [-0.3, -0.25) is 9.59 Å². The van der Waals surface area contributed by atoms with E-state index in [0.29, 0.717) is 6.07 Å². The molecule has 1 heterocycles. The van der Waals surface area contributed by atoms with E-state index in [0.717, 1.165) is 12.1 Å². The fourth-order valence-corrected chi connectivity index (χ4v) is 1.90. The normalized spacial score (nSPS) is 18.8. The van der Waals surface area contributed by atoms with Crippen molar-refractivity contribution in [1.82, 2.24) is 10.6 Å². The van der Waals surface area contributed by atoms with Gasteiger partial charge in [-0.1, -0.05) is 0 Å². The summed E-state index contributed by atoms with van der Waals surface area (Å²) >= 11 is 0. The first-order chi connectivity index (χ1) is 9.27. The molecule has 2 rings (SSSR count). The van der Waals surface area contributed by atoms with E-state index in [1.807, 2.05) is 0 Å². The minimum absolute atomic E-state index is 0.0483. The fraction of sp³-hybridized carbons (Fsp3) is 0.333. The van der Waals surface area contributed by atoms with E-state index in [4.69, 9.17) is 5.73 Å². The molecule has 0 aliphatic carbocycles. The van der Waals surface area contributed by atoms with Gasteiger partial charge in [0.25, 0.3) is 5.91 Å². The Hall–Kier alpha value is -2.25. The number of amides is 2. The molecular formula is C12H12F3N3O2. The summed E-state index contributed by atoms with van der Waals surface area (Å²) in [6.45, 7) is 0.253. The van der Waals surface area contributed by atoms with Crippen LogP contribution in [-0.4, -0.2) is 24.4 Å². The van der Waals surface area contributed by atoms with E-state index < -0.39 is 23.7 Å². The van der Waals surface area contributed by atoms with E-state index in [9.17, 15) is 22.8 Å². The third-order valence-corrected chi connectivity index (χ3v) is 2.94. The zero-order valence-corrected chi connectivity index (χ0v) is 10.3. The van der Waals surface area contributed by atoms with Crippen molar-refractivity contribution in [3.63, 3.8) is 0 Å². The van der Waals surface area contributed by atoms with Crippen molar-refractivity contribution in [2.45, 2.75) is 18.6 Å². The Morgan fingerprint density at radius 2 is 2.10 bits per heavy atom. The Balaban J connectivity index is 2.18. The number of carbonyl (C=O) groups excluding carboxylic acids is 2. The second-order valence-corrected chi connectivity index (χ2v) is 4.48. The maximum absolute atomic E-state index is 12.6. The largest absolute Gasteiger partial charge is 0.416 e. The highest BCUT2D eigenvalue weighted by Crippen LogP contribution is 2.31. The maximum Gasteiger partial charge on any atom is 0.416 e. The van der Waals surface area contributed by atoms with Crippen LogP contribution in [0, 0.1) is 0 Å². The number of nitrogen functional groups attached to an aromatic ring is 1. The maximum atomic E-state index is 12.6. The third kappa shape index (κ3) is 3.01. The number of rotatable bonds is 2. The zero-order chi connectivity index (χ0) is 14.9. The van der Waals surface area contributed by atoms with Crippen LogP contribution in [0.25, 0.3) is 0 Å². The number of carbonyl (C=O) groups is 2. The average Bonchev–Trinajstić information content (AvgIpc) is 2.73. The molecule has 108 valence electrons. The van der Waals surface area contributed by atoms with Crippen LogP contribution in [0.15, 0.2) is 18.2 Å². The van der Waals surface area contributed by atoms with Gasteiger partial charge in [-0.25, -0.2) is 0 Å². The molecule has 1 aromatic carbocycles. The van der Waals surface area contributed by atoms with E-state index in [-0.39, 0.29) is 30.1 Å². The minimum atomic E-state index is -4.55. The Labute approximate surface area is 112 Å². The lowest BCUT2D eigenvalue weighted by Crippen LogP contribution is -2.36. The Bertz CT molecular complexity index is 557. The Morgan fingerprint density at radius 1 is 1.40 bits per heavy atom. The van der Waals surface area contributed by atoms with Gasteiger partial charge >= 0.3 is 6.18 Å². The lowest BCUT2D eigenvalue weighted by Gasteiger charge is -2.14. The van der Waals surface area contributed by atoms with Crippen molar-refractivity contribution >= 4 is 17.5 Å². The highest BCUT2D eigenvalue weighted by molar-refractivity contribution is 6.00. The van der Waals surface area contributed by atoms with E-state index in [1.165, 1.54) is 0 Å². The molecule has 1 atom stereocenters. The summed E-state index contributed by atoms with van der Waals surface area (Å²) in [7, 11) is 0. The van der Waals surface area contributed by atoms with Crippen molar-refractivity contribution in [3.05, 3.63) is 29.3 Å². The summed E-state index contributed by atoms with van der Waals surface area (Å²) in [6, 6.07) is 2.11. The molecular weight excluding hydrogens is 275 g/mol. The molecule has 0 spiro atoms. The monoisotopic (exact) mass is 287 g/mol. The molecule has 0 saturated carbocycles. The SMILES string of the molecule is Nc1ccc(C(F)(F)F)cc1C(=O)NC1CNC(=O)C1. The summed E-state index contributed by atoms with van der Waals surface area (Å²) < 4.78 is 37.8. The van der Waals surface area contributed by atoms with Crippen LogP contribution in [0.2, 0.25) is 0 Å². The molecule has 5 nitrogen and oxygen atoms in total. The fourth-order valence-electron chi connectivity index (χ4n) is 1.90. The van der Waals surface area contributed by atoms with Crippen LogP contribution in [0.1, 0.15) is 22.3 Å². The van der Waals surface area contributed by atoms with Crippen molar-refractivity contribution < 1.29 is 22.8 Å². The van der Waals surface area contributed by atoms with E-state index in [1.54, 1.807) is 0 Å².